The number of halogens is 1. The Labute approximate surface area is 108 Å². The van der Waals surface area contributed by atoms with Crippen LogP contribution in [0.2, 0.25) is 5.15 Å². The fourth-order valence-corrected chi connectivity index (χ4v) is 1.37. The molecule has 0 bridgehead atoms. The molecule has 17 heavy (non-hydrogen) atoms. The van der Waals surface area contributed by atoms with Crippen LogP contribution in [0, 0.1) is 11.8 Å². The average molecular weight is 257 g/mol. The van der Waals surface area contributed by atoms with Crippen LogP contribution in [0.15, 0.2) is 6.07 Å². The van der Waals surface area contributed by atoms with Crippen molar-refractivity contribution in [1.29, 1.82) is 0 Å². The number of rotatable bonds is 6. The number of hydrogen-bond donors (Lipinski definition) is 2. The van der Waals surface area contributed by atoms with E-state index in [1.165, 1.54) is 0 Å². The van der Waals surface area contributed by atoms with E-state index in [1.54, 1.807) is 6.07 Å². The molecule has 1 aromatic heterocycles. The van der Waals surface area contributed by atoms with E-state index in [4.69, 9.17) is 11.6 Å². The van der Waals surface area contributed by atoms with Crippen LogP contribution in [0.3, 0.4) is 0 Å². The zero-order chi connectivity index (χ0) is 12.8. The van der Waals surface area contributed by atoms with Gasteiger partial charge >= 0.3 is 0 Å². The molecule has 0 fully saturated rings. The number of aromatic nitrogens is 2. The Hall–Kier alpha value is -1.03. The van der Waals surface area contributed by atoms with Gasteiger partial charge in [0.25, 0.3) is 0 Å². The van der Waals surface area contributed by atoms with E-state index in [-0.39, 0.29) is 0 Å². The van der Waals surface area contributed by atoms with Crippen molar-refractivity contribution in [3.05, 3.63) is 11.2 Å². The van der Waals surface area contributed by atoms with E-state index in [1.807, 2.05) is 0 Å². The van der Waals surface area contributed by atoms with E-state index >= 15 is 0 Å². The summed E-state index contributed by atoms with van der Waals surface area (Å²) in [5, 5.41) is 6.86. The van der Waals surface area contributed by atoms with Crippen LogP contribution >= 0.6 is 11.6 Å². The molecule has 0 saturated carbocycles. The summed E-state index contributed by atoms with van der Waals surface area (Å²) in [6.07, 6.45) is 0. The molecule has 0 saturated heterocycles. The molecule has 4 nitrogen and oxygen atoms in total. The molecule has 0 atom stereocenters. The van der Waals surface area contributed by atoms with Crippen molar-refractivity contribution in [2.75, 3.05) is 23.7 Å². The molecule has 96 valence electrons. The van der Waals surface area contributed by atoms with Gasteiger partial charge in [0.2, 0.25) is 5.95 Å². The first-order valence-electron chi connectivity index (χ1n) is 5.99. The molecule has 0 aliphatic carbocycles. The molecule has 0 aromatic carbocycles. The maximum absolute atomic E-state index is 5.95. The van der Waals surface area contributed by atoms with Gasteiger partial charge in [0.05, 0.1) is 0 Å². The molecular formula is C12H21ClN4. The summed E-state index contributed by atoms with van der Waals surface area (Å²) < 4.78 is 0. The first-order chi connectivity index (χ1) is 7.97. The van der Waals surface area contributed by atoms with Gasteiger partial charge in [-0.1, -0.05) is 39.3 Å². The molecule has 5 heteroatoms. The number of nitrogens with zero attached hydrogens (tertiary/aromatic N) is 2. The summed E-state index contributed by atoms with van der Waals surface area (Å²) in [6, 6.07) is 1.74. The van der Waals surface area contributed by atoms with Gasteiger partial charge in [-0.3, -0.25) is 0 Å². The predicted octanol–water partition coefficient (Wildman–Crippen LogP) is 3.27. The summed E-state index contributed by atoms with van der Waals surface area (Å²) in [5.41, 5.74) is 0. The van der Waals surface area contributed by atoms with E-state index in [2.05, 4.69) is 48.3 Å². The SMILES string of the molecule is CC(C)CNc1cc(Cl)nc(NCC(C)C)n1. The highest BCUT2D eigenvalue weighted by Gasteiger charge is 2.04. The number of hydrogen-bond acceptors (Lipinski definition) is 4. The second kappa shape index (κ2) is 6.64. The van der Waals surface area contributed by atoms with Crippen LogP contribution in [-0.4, -0.2) is 23.1 Å². The maximum Gasteiger partial charge on any atom is 0.226 e. The number of anilines is 2. The number of nitrogens with one attached hydrogen (secondary N) is 2. The Kier molecular flexibility index (Phi) is 5.48. The fraction of sp³-hybridized carbons (Fsp3) is 0.667. The molecule has 0 aliphatic rings. The minimum absolute atomic E-state index is 0.456. The van der Waals surface area contributed by atoms with Crippen LogP contribution < -0.4 is 10.6 Å². The Balaban J connectivity index is 2.65. The van der Waals surface area contributed by atoms with Gasteiger partial charge in [0.15, 0.2) is 0 Å². The van der Waals surface area contributed by atoms with Crippen molar-refractivity contribution in [3.63, 3.8) is 0 Å². The van der Waals surface area contributed by atoms with Gasteiger partial charge in [0, 0.05) is 19.2 Å². The fourth-order valence-electron chi connectivity index (χ4n) is 1.19. The van der Waals surface area contributed by atoms with Gasteiger partial charge in [-0.05, 0) is 11.8 Å². The lowest BCUT2D eigenvalue weighted by Gasteiger charge is -2.11. The third-order valence-corrected chi connectivity index (χ3v) is 2.25. The van der Waals surface area contributed by atoms with Gasteiger partial charge in [-0.15, -0.1) is 0 Å². The summed E-state index contributed by atoms with van der Waals surface area (Å²) in [7, 11) is 0. The minimum Gasteiger partial charge on any atom is -0.370 e. The topological polar surface area (TPSA) is 49.8 Å². The first-order valence-corrected chi connectivity index (χ1v) is 6.37. The van der Waals surface area contributed by atoms with Gasteiger partial charge < -0.3 is 10.6 Å². The highest BCUT2D eigenvalue weighted by atomic mass is 35.5. The normalized spacial score (nSPS) is 11.0. The molecule has 0 radical (unpaired) electrons. The Morgan fingerprint density at radius 1 is 1.06 bits per heavy atom. The first kappa shape index (κ1) is 14.0. The van der Waals surface area contributed by atoms with Crippen molar-refractivity contribution in [2.45, 2.75) is 27.7 Å². The van der Waals surface area contributed by atoms with E-state index in [9.17, 15) is 0 Å². The lowest BCUT2D eigenvalue weighted by atomic mass is 10.2. The van der Waals surface area contributed by atoms with Gasteiger partial charge in [0.1, 0.15) is 11.0 Å². The Bertz CT molecular complexity index is 322. The Morgan fingerprint density at radius 2 is 1.65 bits per heavy atom. The molecule has 1 rings (SSSR count). The highest BCUT2D eigenvalue weighted by Crippen LogP contribution is 2.14. The molecular weight excluding hydrogens is 236 g/mol. The van der Waals surface area contributed by atoms with Crippen molar-refractivity contribution in [2.24, 2.45) is 11.8 Å². The van der Waals surface area contributed by atoms with Crippen LogP contribution in [0.1, 0.15) is 27.7 Å². The van der Waals surface area contributed by atoms with Crippen LogP contribution in [0.4, 0.5) is 11.8 Å². The summed E-state index contributed by atoms with van der Waals surface area (Å²) in [4.78, 5) is 8.50. The zero-order valence-electron chi connectivity index (χ0n) is 10.9. The standard InChI is InChI=1S/C12H21ClN4/c1-8(2)6-14-11-5-10(13)16-12(17-11)15-7-9(3)4/h5,8-9H,6-7H2,1-4H3,(H2,14,15,16,17). The van der Waals surface area contributed by atoms with Gasteiger partial charge in [-0.25, -0.2) is 4.98 Å². The van der Waals surface area contributed by atoms with Crippen LogP contribution in [0.5, 0.6) is 0 Å². The second-order valence-electron chi connectivity index (χ2n) is 4.95. The third kappa shape index (κ3) is 5.73. The van der Waals surface area contributed by atoms with Gasteiger partial charge in [-0.2, -0.15) is 4.98 Å². The smallest absolute Gasteiger partial charge is 0.226 e. The summed E-state index contributed by atoms with van der Waals surface area (Å²) in [5.74, 6) is 2.46. The van der Waals surface area contributed by atoms with Crippen LogP contribution in [0.25, 0.3) is 0 Å². The summed E-state index contributed by atoms with van der Waals surface area (Å²) >= 11 is 5.95. The molecule has 1 heterocycles. The quantitative estimate of drug-likeness (QED) is 0.767. The average Bonchev–Trinajstić information content (AvgIpc) is 2.23. The van der Waals surface area contributed by atoms with E-state index in [0.717, 1.165) is 18.9 Å². The van der Waals surface area contributed by atoms with Crippen molar-refractivity contribution in [1.82, 2.24) is 9.97 Å². The lowest BCUT2D eigenvalue weighted by Crippen LogP contribution is -2.13. The molecule has 1 aromatic rings. The van der Waals surface area contributed by atoms with E-state index < -0.39 is 0 Å². The molecule has 0 spiro atoms. The molecule has 0 unspecified atom stereocenters. The van der Waals surface area contributed by atoms with Crippen LogP contribution in [-0.2, 0) is 0 Å². The predicted molar refractivity (Wildman–Crippen MR) is 73.7 cm³/mol. The van der Waals surface area contributed by atoms with Crippen molar-refractivity contribution >= 4 is 23.4 Å². The minimum atomic E-state index is 0.456. The monoisotopic (exact) mass is 256 g/mol. The maximum atomic E-state index is 5.95. The van der Waals surface area contributed by atoms with Crippen molar-refractivity contribution < 1.29 is 0 Å². The molecule has 2 N–H and O–H groups in total. The molecule has 0 amide bonds. The zero-order valence-corrected chi connectivity index (χ0v) is 11.7. The van der Waals surface area contributed by atoms with E-state index in [0.29, 0.717) is 22.9 Å². The molecule has 0 aliphatic heterocycles. The second-order valence-corrected chi connectivity index (χ2v) is 5.34. The highest BCUT2D eigenvalue weighted by molar-refractivity contribution is 6.29. The lowest BCUT2D eigenvalue weighted by molar-refractivity contribution is 0.681. The summed E-state index contributed by atoms with van der Waals surface area (Å²) in [6.45, 7) is 10.3. The third-order valence-electron chi connectivity index (χ3n) is 2.05. The Morgan fingerprint density at radius 3 is 2.24 bits per heavy atom. The largest absolute Gasteiger partial charge is 0.370 e. The van der Waals surface area contributed by atoms with Crippen molar-refractivity contribution in [3.8, 4) is 0 Å².